The van der Waals surface area contributed by atoms with Gasteiger partial charge in [-0.3, -0.25) is 14.9 Å². The number of aryl methyl sites for hydroxylation is 3. The van der Waals surface area contributed by atoms with Crippen LogP contribution in [0.25, 0.3) is 0 Å². The van der Waals surface area contributed by atoms with Crippen LogP contribution >= 0.6 is 11.6 Å². The smallest absolute Gasteiger partial charge is 0.278 e. The lowest BCUT2D eigenvalue weighted by Gasteiger charge is -2.10. The van der Waals surface area contributed by atoms with Gasteiger partial charge in [0.15, 0.2) is 5.69 Å². The molecular weight excluding hydrogens is 398 g/mol. The molecule has 3 aromatic rings. The van der Waals surface area contributed by atoms with Crippen LogP contribution in [-0.4, -0.2) is 16.0 Å². The summed E-state index contributed by atoms with van der Waals surface area (Å²) in [6.45, 7) is 5.63. The number of benzene rings is 2. The van der Waals surface area contributed by atoms with Crippen molar-refractivity contribution < 1.29 is 19.0 Å². The van der Waals surface area contributed by atoms with E-state index in [0.717, 1.165) is 11.1 Å². The van der Waals surface area contributed by atoms with Crippen LogP contribution < -0.4 is 10.1 Å². The summed E-state index contributed by atoms with van der Waals surface area (Å²) in [7, 11) is 0. The number of anilines is 1. The van der Waals surface area contributed by atoms with Gasteiger partial charge in [0.05, 0.1) is 21.2 Å². The van der Waals surface area contributed by atoms with Crippen LogP contribution in [0.15, 0.2) is 40.9 Å². The lowest BCUT2D eigenvalue weighted by atomic mass is 10.1. The van der Waals surface area contributed by atoms with Crippen molar-refractivity contribution in [1.29, 1.82) is 0 Å². The van der Waals surface area contributed by atoms with Crippen LogP contribution in [0.4, 0.5) is 11.4 Å². The molecular formula is C20H18ClN3O5. The summed E-state index contributed by atoms with van der Waals surface area (Å²) in [5.74, 6) is 0.521. The summed E-state index contributed by atoms with van der Waals surface area (Å²) in [5, 5.41) is 17.5. The molecule has 0 saturated heterocycles. The number of carbonyl (C=O) groups is 1. The van der Waals surface area contributed by atoms with E-state index in [2.05, 4.69) is 10.5 Å². The highest BCUT2D eigenvalue weighted by Crippen LogP contribution is 2.28. The molecule has 0 aliphatic heterocycles. The number of hydrogen-bond acceptors (Lipinski definition) is 6. The van der Waals surface area contributed by atoms with Gasteiger partial charge in [-0.25, -0.2) is 0 Å². The predicted molar refractivity (Wildman–Crippen MR) is 108 cm³/mol. The van der Waals surface area contributed by atoms with E-state index in [-0.39, 0.29) is 28.7 Å². The Morgan fingerprint density at radius 3 is 2.72 bits per heavy atom. The van der Waals surface area contributed by atoms with Crippen molar-refractivity contribution in [2.45, 2.75) is 27.4 Å². The number of nitro benzene ring substituents is 1. The first-order valence-electron chi connectivity index (χ1n) is 8.66. The minimum Gasteiger partial charge on any atom is -0.488 e. The van der Waals surface area contributed by atoms with Crippen molar-refractivity contribution in [3.05, 3.63) is 79.7 Å². The highest BCUT2D eigenvalue weighted by Gasteiger charge is 2.22. The number of rotatable bonds is 6. The number of halogens is 1. The number of nitrogens with one attached hydrogen (secondary N) is 1. The molecule has 150 valence electrons. The van der Waals surface area contributed by atoms with Gasteiger partial charge in [-0.2, -0.15) is 0 Å². The largest absolute Gasteiger partial charge is 0.488 e. The third-order valence-corrected chi connectivity index (χ3v) is 4.65. The number of ether oxygens (including phenoxy) is 1. The van der Waals surface area contributed by atoms with E-state index in [9.17, 15) is 14.9 Å². The monoisotopic (exact) mass is 415 g/mol. The highest BCUT2D eigenvalue weighted by atomic mass is 35.5. The highest BCUT2D eigenvalue weighted by molar-refractivity contribution is 6.34. The van der Waals surface area contributed by atoms with Crippen molar-refractivity contribution in [2.75, 3.05) is 5.32 Å². The van der Waals surface area contributed by atoms with E-state index in [1.807, 2.05) is 32.0 Å². The molecule has 2 aromatic carbocycles. The number of hydrogen-bond donors (Lipinski definition) is 1. The maximum absolute atomic E-state index is 12.7. The van der Waals surface area contributed by atoms with Gasteiger partial charge in [-0.1, -0.05) is 28.9 Å². The summed E-state index contributed by atoms with van der Waals surface area (Å²) >= 11 is 6.05. The second kappa shape index (κ2) is 8.32. The number of aromatic nitrogens is 1. The molecule has 0 spiro atoms. The number of nitrogens with zero attached hydrogens (tertiary/aromatic N) is 2. The molecule has 0 radical (unpaired) electrons. The Balaban J connectivity index is 1.82. The Labute approximate surface area is 171 Å². The zero-order valence-electron chi connectivity index (χ0n) is 16.0. The Bertz CT molecular complexity index is 1090. The molecule has 0 aliphatic carbocycles. The summed E-state index contributed by atoms with van der Waals surface area (Å²) in [4.78, 5) is 23.1. The Morgan fingerprint density at radius 2 is 2.00 bits per heavy atom. The average Bonchev–Trinajstić information content (AvgIpc) is 3.04. The minimum atomic E-state index is -0.608. The Morgan fingerprint density at radius 1 is 1.24 bits per heavy atom. The standard InChI is InChI=1S/C20H18ClN3O5/c1-11-4-5-12(2)18(8-11)28-10-15-13(3)29-23-19(15)20(25)22-17-9-14(24(26)27)6-7-16(17)21/h4-9H,10H2,1-3H3,(H,22,25). The normalized spacial score (nSPS) is 10.6. The Hall–Kier alpha value is -3.39. The van der Waals surface area contributed by atoms with Crippen LogP contribution in [0.1, 0.15) is 32.9 Å². The van der Waals surface area contributed by atoms with E-state index < -0.39 is 10.8 Å². The molecule has 3 rings (SSSR count). The molecule has 0 atom stereocenters. The predicted octanol–water partition coefficient (Wildman–Crippen LogP) is 4.99. The number of non-ortho nitro benzene ring substituents is 1. The molecule has 8 nitrogen and oxygen atoms in total. The molecule has 1 amide bonds. The topological polar surface area (TPSA) is 108 Å². The van der Waals surface area contributed by atoms with Gasteiger partial charge in [0.25, 0.3) is 11.6 Å². The molecule has 0 bridgehead atoms. The second-order valence-corrected chi connectivity index (χ2v) is 6.91. The second-order valence-electron chi connectivity index (χ2n) is 6.50. The van der Waals surface area contributed by atoms with E-state index in [0.29, 0.717) is 17.1 Å². The van der Waals surface area contributed by atoms with Crippen LogP contribution in [0.5, 0.6) is 5.75 Å². The first-order chi connectivity index (χ1) is 13.8. The lowest BCUT2D eigenvalue weighted by Crippen LogP contribution is -2.16. The Kier molecular flexibility index (Phi) is 5.84. The van der Waals surface area contributed by atoms with E-state index in [1.54, 1.807) is 6.92 Å². The summed E-state index contributed by atoms with van der Waals surface area (Å²) in [5.41, 5.74) is 2.41. The number of amides is 1. The van der Waals surface area contributed by atoms with Gasteiger partial charge in [0.2, 0.25) is 0 Å². The minimum absolute atomic E-state index is 0.0235. The zero-order chi connectivity index (χ0) is 21.1. The zero-order valence-corrected chi connectivity index (χ0v) is 16.7. The molecule has 9 heteroatoms. The first kappa shape index (κ1) is 20.3. The molecule has 1 heterocycles. The number of nitro groups is 1. The van der Waals surface area contributed by atoms with Gasteiger partial charge < -0.3 is 14.6 Å². The van der Waals surface area contributed by atoms with Crippen molar-refractivity contribution in [3.8, 4) is 5.75 Å². The maximum atomic E-state index is 12.7. The fraction of sp³-hybridized carbons (Fsp3) is 0.200. The third kappa shape index (κ3) is 4.55. The molecule has 29 heavy (non-hydrogen) atoms. The first-order valence-corrected chi connectivity index (χ1v) is 9.04. The maximum Gasteiger partial charge on any atom is 0.278 e. The van der Waals surface area contributed by atoms with Crippen molar-refractivity contribution in [2.24, 2.45) is 0 Å². The van der Waals surface area contributed by atoms with Crippen LogP contribution in [0, 0.1) is 30.9 Å². The molecule has 0 fully saturated rings. The van der Waals surface area contributed by atoms with Crippen molar-refractivity contribution in [1.82, 2.24) is 5.16 Å². The fourth-order valence-electron chi connectivity index (χ4n) is 2.66. The van der Waals surface area contributed by atoms with Gasteiger partial charge in [-0.15, -0.1) is 0 Å². The lowest BCUT2D eigenvalue weighted by molar-refractivity contribution is -0.384. The van der Waals surface area contributed by atoms with Gasteiger partial charge in [-0.05, 0) is 44.0 Å². The van der Waals surface area contributed by atoms with Gasteiger partial charge in [0, 0.05) is 12.1 Å². The third-order valence-electron chi connectivity index (χ3n) is 4.32. The van der Waals surface area contributed by atoms with Crippen molar-refractivity contribution >= 4 is 28.9 Å². The SMILES string of the molecule is Cc1ccc(C)c(OCc2c(C(=O)Nc3cc([N+](=O)[O-])ccc3Cl)noc2C)c1. The summed E-state index contributed by atoms with van der Waals surface area (Å²) < 4.78 is 11.0. The average molecular weight is 416 g/mol. The fourth-order valence-corrected chi connectivity index (χ4v) is 2.82. The summed E-state index contributed by atoms with van der Waals surface area (Å²) in [6, 6.07) is 9.60. The van der Waals surface area contributed by atoms with Gasteiger partial charge >= 0.3 is 0 Å². The number of carbonyl (C=O) groups excluding carboxylic acids is 1. The van der Waals surface area contributed by atoms with Crippen LogP contribution in [-0.2, 0) is 6.61 Å². The molecule has 0 unspecified atom stereocenters. The van der Waals surface area contributed by atoms with E-state index in [4.69, 9.17) is 20.9 Å². The summed E-state index contributed by atoms with van der Waals surface area (Å²) in [6.07, 6.45) is 0. The molecule has 0 aliphatic rings. The molecule has 1 aromatic heterocycles. The van der Waals surface area contributed by atoms with Crippen LogP contribution in [0.3, 0.4) is 0 Å². The van der Waals surface area contributed by atoms with Crippen molar-refractivity contribution in [3.63, 3.8) is 0 Å². The van der Waals surface area contributed by atoms with Gasteiger partial charge in [0.1, 0.15) is 18.1 Å². The molecule has 1 N–H and O–H groups in total. The molecule has 0 saturated carbocycles. The van der Waals surface area contributed by atoms with Crippen LogP contribution in [0.2, 0.25) is 5.02 Å². The van der Waals surface area contributed by atoms with E-state index in [1.165, 1.54) is 18.2 Å². The van der Waals surface area contributed by atoms with E-state index >= 15 is 0 Å². The quantitative estimate of drug-likeness (QED) is 0.448.